The van der Waals surface area contributed by atoms with Crippen molar-refractivity contribution < 1.29 is 0 Å². The summed E-state index contributed by atoms with van der Waals surface area (Å²) < 4.78 is 2.66. The fourth-order valence-electron chi connectivity index (χ4n) is 1.73. The van der Waals surface area contributed by atoms with Crippen molar-refractivity contribution in [2.45, 2.75) is 0 Å². The van der Waals surface area contributed by atoms with Crippen molar-refractivity contribution in [1.82, 2.24) is 19.7 Å². The van der Waals surface area contributed by atoms with E-state index in [0.29, 0.717) is 0 Å². The monoisotopic (exact) mass is 303 g/mol. The van der Waals surface area contributed by atoms with E-state index in [4.69, 9.17) is 0 Å². The largest absolute Gasteiger partial charge is 0.337 e. The molecule has 0 amide bonds. The molecule has 0 atom stereocenters. The molecule has 5 nitrogen and oxygen atoms in total. The first-order valence-electron chi connectivity index (χ1n) is 5.39. The lowest BCUT2D eigenvalue weighted by atomic mass is 10.3. The number of pyridine rings is 2. The van der Waals surface area contributed by atoms with Crippen molar-refractivity contribution in [3.63, 3.8) is 0 Å². The number of hydrogen-bond acceptors (Lipinski definition) is 4. The molecule has 1 N–H and O–H groups in total. The molecule has 3 rings (SSSR count). The summed E-state index contributed by atoms with van der Waals surface area (Å²) in [4.78, 5) is 8.67. The molecule has 0 radical (unpaired) electrons. The second kappa shape index (κ2) is 4.38. The summed E-state index contributed by atoms with van der Waals surface area (Å²) in [5.74, 6) is 0.787. The van der Waals surface area contributed by atoms with Gasteiger partial charge in [0.2, 0.25) is 0 Å². The Labute approximate surface area is 112 Å². The van der Waals surface area contributed by atoms with Crippen molar-refractivity contribution in [3.05, 3.63) is 41.3 Å². The topological polar surface area (TPSA) is 55.6 Å². The van der Waals surface area contributed by atoms with Gasteiger partial charge in [0.1, 0.15) is 5.52 Å². The van der Waals surface area contributed by atoms with Crippen LogP contribution in [0.4, 0.5) is 11.5 Å². The highest BCUT2D eigenvalue weighted by Gasteiger charge is 2.05. The van der Waals surface area contributed by atoms with Crippen LogP contribution in [0.25, 0.3) is 11.0 Å². The number of aryl methyl sites for hydroxylation is 1. The number of hydrogen-bond donors (Lipinski definition) is 1. The molecule has 0 fully saturated rings. The van der Waals surface area contributed by atoms with Gasteiger partial charge >= 0.3 is 0 Å². The minimum Gasteiger partial charge on any atom is -0.337 e. The summed E-state index contributed by atoms with van der Waals surface area (Å²) >= 11 is 3.39. The molecule has 0 saturated heterocycles. The van der Waals surface area contributed by atoms with Crippen molar-refractivity contribution in [2.75, 3.05) is 5.32 Å². The minimum atomic E-state index is 0.787. The van der Waals surface area contributed by atoms with Crippen LogP contribution in [0, 0.1) is 0 Å². The van der Waals surface area contributed by atoms with Gasteiger partial charge in [0.25, 0.3) is 0 Å². The fourth-order valence-corrected chi connectivity index (χ4v) is 2.05. The quantitative estimate of drug-likeness (QED) is 0.791. The van der Waals surface area contributed by atoms with Crippen LogP contribution in [0.2, 0.25) is 0 Å². The van der Waals surface area contributed by atoms with Gasteiger partial charge in [-0.2, -0.15) is 5.10 Å². The number of fused-ring (bicyclic) bond motifs is 1. The molecular formula is C12H10BrN5. The molecule has 18 heavy (non-hydrogen) atoms. The molecule has 6 heteroatoms. The van der Waals surface area contributed by atoms with E-state index in [9.17, 15) is 0 Å². The van der Waals surface area contributed by atoms with Crippen LogP contribution < -0.4 is 5.32 Å². The first kappa shape index (κ1) is 11.2. The molecular weight excluding hydrogens is 294 g/mol. The molecule has 0 unspecified atom stereocenters. The number of halogens is 1. The van der Waals surface area contributed by atoms with Crippen LogP contribution in [-0.4, -0.2) is 19.7 Å². The second-order valence-corrected chi connectivity index (χ2v) is 4.80. The first-order valence-corrected chi connectivity index (χ1v) is 6.18. The molecule has 0 aromatic carbocycles. The lowest BCUT2D eigenvalue weighted by Gasteiger charge is -2.06. The van der Waals surface area contributed by atoms with E-state index in [1.807, 2.05) is 31.4 Å². The zero-order valence-electron chi connectivity index (χ0n) is 9.63. The number of nitrogens with zero attached hydrogens (tertiary/aromatic N) is 4. The van der Waals surface area contributed by atoms with Crippen molar-refractivity contribution in [2.24, 2.45) is 7.05 Å². The van der Waals surface area contributed by atoms with Crippen LogP contribution >= 0.6 is 15.9 Å². The smallest absolute Gasteiger partial charge is 0.152 e. The minimum absolute atomic E-state index is 0.787. The molecule has 3 aromatic heterocycles. The fraction of sp³-hybridized carbons (Fsp3) is 0.0833. The SMILES string of the molecule is Cn1ccc(Nc2ccnc3cc(Br)cnc23)n1. The third-order valence-corrected chi connectivity index (χ3v) is 2.95. The first-order chi connectivity index (χ1) is 8.72. The molecule has 0 saturated carbocycles. The van der Waals surface area contributed by atoms with E-state index in [1.54, 1.807) is 17.1 Å². The van der Waals surface area contributed by atoms with Crippen LogP contribution in [0.1, 0.15) is 0 Å². The average molecular weight is 304 g/mol. The van der Waals surface area contributed by atoms with Crippen molar-refractivity contribution in [1.29, 1.82) is 0 Å². The zero-order valence-corrected chi connectivity index (χ0v) is 11.2. The Morgan fingerprint density at radius 1 is 1.28 bits per heavy atom. The number of rotatable bonds is 2. The van der Waals surface area contributed by atoms with Crippen LogP contribution in [0.3, 0.4) is 0 Å². The van der Waals surface area contributed by atoms with Crippen molar-refractivity contribution >= 4 is 38.5 Å². The molecule has 0 spiro atoms. The molecule has 0 aliphatic heterocycles. The summed E-state index contributed by atoms with van der Waals surface area (Å²) in [5.41, 5.74) is 2.56. The number of aromatic nitrogens is 4. The van der Waals surface area contributed by atoms with Crippen molar-refractivity contribution in [3.8, 4) is 0 Å². The van der Waals surface area contributed by atoms with Crippen LogP contribution in [0.15, 0.2) is 41.3 Å². The summed E-state index contributed by atoms with van der Waals surface area (Å²) in [6.07, 6.45) is 5.39. The lowest BCUT2D eigenvalue weighted by molar-refractivity contribution is 0.771. The van der Waals surface area contributed by atoms with E-state index in [2.05, 4.69) is 36.3 Å². The highest BCUT2D eigenvalue weighted by molar-refractivity contribution is 9.10. The summed E-state index contributed by atoms with van der Waals surface area (Å²) in [5, 5.41) is 7.52. The number of nitrogens with one attached hydrogen (secondary N) is 1. The van der Waals surface area contributed by atoms with Gasteiger partial charge in [0.05, 0.1) is 11.2 Å². The molecule has 0 aliphatic carbocycles. The maximum atomic E-state index is 4.38. The van der Waals surface area contributed by atoms with Crippen LogP contribution in [0.5, 0.6) is 0 Å². The van der Waals surface area contributed by atoms with E-state index < -0.39 is 0 Å². The zero-order chi connectivity index (χ0) is 12.5. The summed E-state index contributed by atoms with van der Waals surface area (Å²) in [6, 6.07) is 5.73. The number of anilines is 2. The average Bonchev–Trinajstić information content (AvgIpc) is 2.75. The highest BCUT2D eigenvalue weighted by atomic mass is 79.9. The Balaban J connectivity index is 2.06. The maximum absolute atomic E-state index is 4.38. The van der Waals surface area contributed by atoms with Gasteiger partial charge in [0.15, 0.2) is 5.82 Å². The van der Waals surface area contributed by atoms with E-state index in [1.165, 1.54) is 0 Å². The van der Waals surface area contributed by atoms with Gasteiger partial charge in [-0.3, -0.25) is 14.6 Å². The molecule has 90 valence electrons. The summed E-state index contributed by atoms with van der Waals surface area (Å²) in [6.45, 7) is 0. The maximum Gasteiger partial charge on any atom is 0.152 e. The van der Waals surface area contributed by atoms with E-state index >= 15 is 0 Å². The Kier molecular flexibility index (Phi) is 2.71. The Morgan fingerprint density at radius 3 is 2.94 bits per heavy atom. The molecule has 0 bridgehead atoms. The molecule has 0 aliphatic rings. The highest BCUT2D eigenvalue weighted by Crippen LogP contribution is 2.24. The normalized spacial score (nSPS) is 10.8. The Hall–Kier alpha value is -1.95. The van der Waals surface area contributed by atoms with Gasteiger partial charge in [-0.05, 0) is 28.1 Å². The van der Waals surface area contributed by atoms with E-state index in [0.717, 1.165) is 27.0 Å². The van der Waals surface area contributed by atoms with Crippen LogP contribution in [-0.2, 0) is 7.05 Å². The van der Waals surface area contributed by atoms with Gasteiger partial charge in [-0.1, -0.05) is 0 Å². The Bertz CT molecular complexity index is 707. The van der Waals surface area contributed by atoms with Gasteiger partial charge in [-0.15, -0.1) is 0 Å². The predicted octanol–water partition coefficient (Wildman–Crippen LogP) is 2.87. The third kappa shape index (κ3) is 2.06. The van der Waals surface area contributed by atoms with E-state index in [-0.39, 0.29) is 0 Å². The summed E-state index contributed by atoms with van der Waals surface area (Å²) in [7, 11) is 1.88. The van der Waals surface area contributed by atoms with Gasteiger partial charge < -0.3 is 5.32 Å². The molecule has 3 heterocycles. The standard InChI is InChI=1S/C12H10BrN5/c1-18-5-3-11(17-18)16-9-2-4-14-10-6-8(13)7-15-12(9)10/h2-7H,1H3,(H,14,16,17). The predicted molar refractivity (Wildman–Crippen MR) is 73.7 cm³/mol. The molecule has 3 aromatic rings. The van der Waals surface area contributed by atoms with Gasteiger partial charge in [0, 0.05) is 36.2 Å². The third-order valence-electron chi connectivity index (χ3n) is 2.52. The second-order valence-electron chi connectivity index (χ2n) is 3.88. The Morgan fingerprint density at radius 2 is 2.17 bits per heavy atom. The lowest BCUT2D eigenvalue weighted by Crippen LogP contribution is -1.96. The van der Waals surface area contributed by atoms with Gasteiger partial charge in [-0.25, -0.2) is 0 Å².